The molecule has 0 aliphatic carbocycles. The molecule has 0 bridgehead atoms. The topological polar surface area (TPSA) is 105 Å². The minimum absolute atomic E-state index is 0.0519. The zero-order chi connectivity index (χ0) is 42.8. The molecule has 0 radical (unpaired) electrons. The van der Waals surface area contributed by atoms with Crippen molar-refractivity contribution < 1.29 is 32.9 Å². The number of likely N-dealkylation sites (N-methyl/N-ethyl adjacent to an activating group) is 1. The molecular weight excluding hydrogens is 744 g/mol. The standard InChI is InChI=1S/C49H93N2O6P/c1-6-8-10-12-14-16-18-20-22-24-26-28-30-32-34-36-38-40-42-48(52)47(46-57-58(54,55)56-45-44-51(3,4)5)50-49(53)43-41-39-37-35-33-31-29-27-25-23-21-19-17-15-13-11-9-7-2/h23-26,32,34,40,42,47-48,52H,6-22,27-31,33,35-39,41,43-46H2,1-5H3,(H-,50,53,54,55)/p+1/b25-23-,26-24+,34-32+,42-40+. The van der Waals surface area contributed by atoms with Crippen molar-refractivity contribution in [2.45, 2.75) is 219 Å². The molecule has 0 aromatic heterocycles. The van der Waals surface area contributed by atoms with Gasteiger partial charge in [-0.05, 0) is 70.6 Å². The predicted octanol–water partition coefficient (Wildman–Crippen LogP) is 13.6. The first-order valence-corrected chi connectivity index (χ1v) is 25.5. The maximum absolute atomic E-state index is 12.9. The van der Waals surface area contributed by atoms with E-state index in [-0.39, 0.29) is 19.1 Å². The second-order valence-corrected chi connectivity index (χ2v) is 18.9. The maximum Gasteiger partial charge on any atom is 0.472 e. The molecule has 3 unspecified atom stereocenters. The number of phosphoric ester groups is 1. The van der Waals surface area contributed by atoms with Crippen molar-refractivity contribution in [3.63, 3.8) is 0 Å². The number of hydrogen-bond donors (Lipinski definition) is 3. The average Bonchev–Trinajstić information content (AvgIpc) is 3.17. The number of hydrogen-bond acceptors (Lipinski definition) is 5. The third-order valence-electron chi connectivity index (χ3n) is 10.5. The van der Waals surface area contributed by atoms with Crippen LogP contribution in [0.3, 0.4) is 0 Å². The Balaban J connectivity index is 4.46. The molecule has 1 amide bonds. The molecule has 9 heteroatoms. The Morgan fingerprint density at radius 3 is 1.38 bits per heavy atom. The summed E-state index contributed by atoms with van der Waals surface area (Å²) in [4.78, 5) is 23.2. The van der Waals surface area contributed by atoms with E-state index in [1.165, 1.54) is 141 Å². The van der Waals surface area contributed by atoms with E-state index in [1.54, 1.807) is 6.08 Å². The Hall–Kier alpha value is -1.54. The number of aliphatic hydroxyl groups excluding tert-OH is 1. The second-order valence-electron chi connectivity index (χ2n) is 17.5. The summed E-state index contributed by atoms with van der Waals surface area (Å²) in [5, 5.41) is 13.8. The highest BCUT2D eigenvalue weighted by Crippen LogP contribution is 2.43. The molecule has 0 aromatic carbocycles. The van der Waals surface area contributed by atoms with Gasteiger partial charge < -0.3 is 19.8 Å². The van der Waals surface area contributed by atoms with E-state index < -0.39 is 20.0 Å². The van der Waals surface area contributed by atoms with Gasteiger partial charge in [-0.3, -0.25) is 13.8 Å². The van der Waals surface area contributed by atoms with Crippen LogP contribution in [0.2, 0.25) is 0 Å². The van der Waals surface area contributed by atoms with Crippen LogP contribution in [-0.2, 0) is 18.4 Å². The van der Waals surface area contributed by atoms with Gasteiger partial charge in [0.1, 0.15) is 13.2 Å². The van der Waals surface area contributed by atoms with Gasteiger partial charge >= 0.3 is 7.82 Å². The fraction of sp³-hybridized carbons (Fsp3) is 0.816. The number of nitrogens with zero attached hydrogens (tertiary/aromatic N) is 1. The van der Waals surface area contributed by atoms with Crippen molar-refractivity contribution in [2.75, 3.05) is 40.9 Å². The van der Waals surface area contributed by atoms with E-state index in [2.05, 4.69) is 55.6 Å². The molecule has 0 saturated carbocycles. The van der Waals surface area contributed by atoms with Crippen LogP contribution in [0.15, 0.2) is 48.6 Å². The van der Waals surface area contributed by atoms with Gasteiger partial charge in [0.2, 0.25) is 5.91 Å². The zero-order valence-corrected chi connectivity index (χ0v) is 39.4. The van der Waals surface area contributed by atoms with Gasteiger partial charge in [0.05, 0.1) is 39.9 Å². The van der Waals surface area contributed by atoms with Gasteiger partial charge in [-0.1, -0.05) is 178 Å². The van der Waals surface area contributed by atoms with Crippen LogP contribution in [0, 0.1) is 0 Å². The van der Waals surface area contributed by atoms with Crippen molar-refractivity contribution in [1.82, 2.24) is 5.32 Å². The molecule has 0 spiro atoms. The fourth-order valence-electron chi connectivity index (χ4n) is 6.66. The van der Waals surface area contributed by atoms with Crippen LogP contribution in [-0.4, -0.2) is 73.4 Å². The Morgan fingerprint density at radius 2 is 0.948 bits per heavy atom. The maximum atomic E-state index is 12.9. The third kappa shape index (κ3) is 42.6. The van der Waals surface area contributed by atoms with E-state index >= 15 is 0 Å². The number of carbonyl (C=O) groups excluding carboxylic acids is 1. The molecule has 0 rings (SSSR count). The summed E-state index contributed by atoms with van der Waals surface area (Å²) < 4.78 is 23.6. The summed E-state index contributed by atoms with van der Waals surface area (Å²) in [7, 11) is 1.54. The summed E-state index contributed by atoms with van der Waals surface area (Å²) >= 11 is 0. The number of unbranched alkanes of at least 4 members (excludes halogenated alkanes) is 24. The molecule has 58 heavy (non-hydrogen) atoms. The molecule has 0 saturated heterocycles. The zero-order valence-electron chi connectivity index (χ0n) is 38.5. The first-order valence-electron chi connectivity index (χ1n) is 24.0. The van der Waals surface area contributed by atoms with Crippen LogP contribution in [0.5, 0.6) is 0 Å². The van der Waals surface area contributed by atoms with Crippen molar-refractivity contribution in [2.24, 2.45) is 0 Å². The number of phosphoric acid groups is 1. The normalized spacial score (nSPS) is 14.7. The third-order valence-corrected chi connectivity index (χ3v) is 11.5. The lowest BCUT2D eigenvalue weighted by Gasteiger charge is -2.25. The SMILES string of the molecule is CCCCCCCCC/C=C\CCCCCCCCCC(=O)NC(COP(=O)(O)OCC[N+](C)(C)C)C(O)/C=C/CC/C=C/CC/C=C/CCCCCCCCCC. The Kier molecular flexibility index (Phi) is 39.8. The van der Waals surface area contributed by atoms with Crippen molar-refractivity contribution in [1.29, 1.82) is 0 Å². The van der Waals surface area contributed by atoms with Crippen LogP contribution in [0.25, 0.3) is 0 Å². The minimum Gasteiger partial charge on any atom is -0.387 e. The lowest BCUT2D eigenvalue weighted by atomic mass is 10.1. The molecule has 340 valence electrons. The number of rotatable bonds is 43. The number of quaternary nitrogens is 1. The first-order chi connectivity index (χ1) is 28.0. The van der Waals surface area contributed by atoms with Gasteiger partial charge in [-0.2, -0.15) is 0 Å². The molecule has 0 aromatic rings. The molecule has 0 fully saturated rings. The number of allylic oxidation sites excluding steroid dienone is 7. The molecule has 0 aliphatic heterocycles. The summed E-state index contributed by atoms with van der Waals surface area (Å²) in [5.41, 5.74) is 0. The van der Waals surface area contributed by atoms with Crippen LogP contribution >= 0.6 is 7.82 Å². The van der Waals surface area contributed by atoms with E-state index in [4.69, 9.17) is 9.05 Å². The summed E-state index contributed by atoms with van der Waals surface area (Å²) in [6, 6.07) is -0.871. The lowest BCUT2D eigenvalue weighted by molar-refractivity contribution is -0.870. The minimum atomic E-state index is -4.35. The van der Waals surface area contributed by atoms with E-state index in [0.717, 1.165) is 44.9 Å². The van der Waals surface area contributed by atoms with Gasteiger partial charge in [0.25, 0.3) is 0 Å². The fourth-order valence-corrected chi connectivity index (χ4v) is 7.39. The number of amides is 1. The summed E-state index contributed by atoms with van der Waals surface area (Å²) in [5.74, 6) is -0.196. The highest BCUT2D eigenvalue weighted by atomic mass is 31.2. The molecule has 0 aliphatic rings. The van der Waals surface area contributed by atoms with E-state index in [1.807, 2.05) is 27.2 Å². The van der Waals surface area contributed by atoms with Gasteiger partial charge in [0.15, 0.2) is 0 Å². The summed E-state index contributed by atoms with van der Waals surface area (Å²) in [6.45, 7) is 4.78. The number of aliphatic hydroxyl groups is 1. The molecule has 8 nitrogen and oxygen atoms in total. The lowest BCUT2D eigenvalue weighted by Crippen LogP contribution is -2.45. The van der Waals surface area contributed by atoms with E-state index in [9.17, 15) is 19.4 Å². The highest BCUT2D eigenvalue weighted by Gasteiger charge is 2.27. The summed E-state index contributed by atoms with van der Waals surface area (Å²) in [6.07, 6.45) is 51.8. The first kappa shape index (κ1) is 56.5. The van der Waals surface area contributed by atoms with Crippen LogP contribution in [0.1, 0.15) is 206 Å². The second kappa shape index (κ2) is 40.8. The largest absolute Gasteiger partial charge is 0.472 e. The molecular formula is C49H94N2O6P+. The van der Waals surface area contributed by atoms with Gasteiger partial charge in [0, 0.05) is 6.42 Å². The average molecular weight is 838 g/mol. The smallest absolute Gasteiger partial charge is 0.387 e. The van der Waals surface area contributed by atoms with Gasteiger partial charge in [-0.15, -0.1) is 0 Å². The van der Waals surface area contributed by atoms with Crippen molar-refractivity contribution >= 4 is 13.7 Å². The highest BCUT2D eigenvalue weighted by molar-refractivity contribution is 7.47. The Labute approximate surface area is 359 Å². The monoisotopic (exact) mass is 838 g/mol. The number of nitrogens with one attached hydrogen (secondary N) is 1. The molecule has 0 heterocycles. The molecule has 3 N–H and O–H groups in total. The quantitative estimate of drug-likeness (QED) is 0.0244. The number of carbonyl (C=O) groups is 1. The predicted molar refractivity (Wildman–Crippen MR) is 249 cm³/mol. The Bertz CT molecular complexity index is 1090. The Morgan fingerprint density at radius 1 is 0.569 bits per heavy atom. The van der Waals surface area contributed by atoms with Crippen molar-refractivity contribution in [3.8, 4) is 0 Å². The molecule has 3 atom stereocenters. The van der Waals surface area contributed by atoms with Crippen molar-refractivity contribution in [3.05, 3.63) is 48.6 Å². The van der Waals surface area contributed by atoms with Crippen LogP contribution < -0.4 is 5.32 Å². The van der Waals surface area contributed by atoms with Gasteiger partial charge in [-0.25, -0.2) is 4.57 Å². The van der Waals surface area contributed by atoms with Crippen LogP contribution in [0.4, 0.5) is 0 Å². The van der Waals surface area contributed by atoms with E-state index in [0.29, 0.717) is 17.4 Å².